The molecule has 1 nitrogen and oxygen atoms in total. The van der Waals surface area contributed by atoms with Gasteiger partial charge in [0, 0.05) is 12.1 Å². The van der Waals surface area contributed by atoms with Crippen molar-refractivity contribution in [3.05, 3.63) is 57.8 Å². The van der Waals surface area contributed by atoms with Crippen molar-refractivity contribution in [1.29, 1.82) is 0 Å². The van der Waals surface area contributed by atoms with Crippen LogP contribution < -0.4 is 5.32 Å². The second-order valence-corrected chi connectivity index (χ2v) is 5.56. The molecule has 21 heavy (non-hydrogen) atoms. The maximum Gasteiger partial charge on any atom is 0.148 e. The molecule has 0 amide bonds. The monoisotopic (exact) mass is 357 g/mol. The SMILES string of the molecule is CCCNCc1ccc(-c2c(F)ccc(Br)c2F)c(F)c1. The van der Waals surface area contributed by atoms with E-state index in [4.69, 9.17) is 0 Å². The lowest BCUT2D eigenvalue weighted by Crippen LogP contribution is -2.13. The van der Waals surface area contributed by atoms with Crippen molar-refractivity contribution in [3.8, 4) is 11.1 Å². The Morgan fingerprint density at radius 3 is 2.48 bits per heavy atom. The van der Waals surface area contributed by atoms with Gasteiger partial charge in [0.05, 0.1) is 10.0 Å². The summed E-state index contributed by atoms with van der Waals surface area (Å²) in [5.41, 5.74) is 0.306. The highest BCUT2D eigenvalue weighted by atomic mass is 79.9. The maximum absolute atomic E-state index is 14.2. The average molecular weight is 358 g/mol. The van der Waals surface area contributed by atoms with E-state index in [0.717, 1.165) is 24.6 Å². The third kappa shape index (κ3) is 3.66. The highest BCUT2D eigenvalue weighted by molar-refractivity contribution is 9.10. The van der Waals surface area contributed by atoms with E-state index in [-0.39, 0.29) is 15.6 Å². The molecular weight excluding hydrogens is 343 g/mol. The molecular formula is C16H15BrF3N. The van der Waals surface area contributed by atoms with Crippen LogP contribution in [-0.4, -0.2) is 6.54 Å². The van der Waals surface area contributed by atoms with Gasteiger partial charge in [-0.25, -0.2) is 13.2 Å². The lowest BCUT2D eigenvalue weighted by Gasteiger charge is -2.10. The molecule has 2 aromatic carbocycles. The molecule has 0 aromatic heterocycles. The van der Waals surface area contributed by atoms with Crippen LogP contribution in [-0.2, 0) is 6.54 Å². The van der Waals surface area contributed by atoms with E-state index in [0.29, 0.717) is 6.54 Å². The molecule has 5 heteroatoms. The number of benzene rings is 2. The van der Waals surface area contributed by atoms with Crippen molar-refractivity contribution in [2.24, 2.45) is 0 Å². The van der Waals surface area contributed by atoms with E-state index in [1.807, 2.05) is 6.92 Å². The van der Waals surface area contributed by atoms with Crippen molar-refractivity contribution in [2.45, 2.75) is 19.9 Å². The van der Waals surface area contributed by atoms with E-state index in [1.165, 1.54) is 18.2 Å². The minimum absolute atomic E-state index is 0.0782. The second-order valence-electron chi connectivity index (χ2n) is 4.71. The molecule has 0 heterocycles. The molecule has 0 atom stereocenters. The average Bonchev–Trinajstić information content (AvgIpc) is 2.46. The zero-order valence-electron chi connectivity index (χ0n) is 11.5. The first kappa shape index (κ1) is 16.0. The molecule has 112 valence electrons. The summed E-state index contributed by atoms with van der Waals surface area (Å²) in [5, 5.41) is 3.15. The Kier molecular flexibility index (Phi) is 5.42. The van der Waals surface area contributed by atoms with Gasteiger partial charge in [0.2, 0.25) is 0 Å². The molecule has 0 saturated heterocycles. The molecule has 0 aliphatic carbocycles. The van der Waals surface area contributed by atoms with Crippen LogP contribution in [0.2, 0.25) is 0 Å². The molecule has 0 unspecified atom stereocenters. The molecule has 0 saturated carbocycles. The van der Waals surface area contributed by atoms with Crippen LogP contribution in [0.3, 0.4) is 0 Å². The largest absolute Gasteiger partial charge is 0.313 e. The molecule has 0 radical (unpaired) electrons. The van der Waals surface area contributed by atoms with Gasteiger partial charge >= 0.3 is 0 Å². The predicted molar refractivity (Wildman–Crippen MR) is 81.4 cm³/mol. The van der Waals surface area contributed by atoms with E-state index in [9.17, 15) is 13.2 Å². The van der Waals surface area contributed by atoms with Crippen LogP contribution in [0.25, 0.3) is 11.1 Å². The fourth-order valence-electron chi connectivity index (χ4n) is 2.05. The zero-order chi connectivity index (χ0) is 15.4. The minimum atomic E-state index is -0.800. The summed E-state index contributed by atoms with van der Waals surface area (Å²) in [5.74, 6) is -2.22. The fourth-order valence-corrected chi connectivity index (χ4v) is 2.39. The smallest absolute Gasteiger partial charge is 0.148 e. The maximum atomic E-state index is 14.2. The van der Waals surface area contributed by atoms with Crippen LogP contribution in [0.1, 0.15) is 18.9 Å². The number of rotatable bonds is 5. The summed E-state index contributed by atoms with van der Waals surface area (Å²) >= 11 is 2.98. The van der Waals surface area contributed by atoms with Crippen LogP contribution in [0.4, 0.5) is 13.2 Å². The first-order valence-corrected chi connectivity index (χ1v) is 7.47. The summed E-state index contributed by atoms with van der Waals surface area (Å²) in [6.45, 7) is 3.39. The standard InChI is InChI=1S/C16H15BrF3N/c1-2-7-21-9-10-3-4-11(14(19)8-10)15-13(18)6-5-12(17)16(15)20/h3-6,8,21H,2,7,9H2,1H3. The van der Waals surface area contributed by atoms with Gasteiger partial charge in [0.25, 0.3) is 0 Å². The fraction of sp³-hybridized carbons (Fsp3) is 0.250. The first-order valence-electron chi connectivity index (χ1n) is 6.67. The van der Waals surface area contributed by atoms with Crippen molar-refractivity contribution in [3.63, 3.8) is 0 Å². The molecule has 0 bridgehead atoms. The number of halogens is 4. The van der Waals surface area contributed by atoms with Crippen LogP contribution in [0.15, 0.2) is 34.8 Å². The van der Waals surface area contributed by atoms with E-state index in [1.54, 1.807) is 6.07 Å². The van der Waals surface area contributed by atoms with Crippen molar-refractivity contribution < 1.29 is 13.2 Å². The Hall–Kier alpha value is -1.33. The van der Waals surface area contributed by atoms with Gasteiger partial charge in [-0.3, -0.25) is 0 Å². The Morgan fingerprint density at radius 1 is 1.05 bits per heavy atom. The van der Waals surface area contributed by atoms with Crippen molar-refractivity contribution in [1.82, 2.24) is 5.32 Å². The number of nitrogens with one attached hydrogen (secondary N) is 1. The molecule has 0 aliphatic rings. The first-order chi connectivity index (χ1) is 10.0. The molecule has 0 aliphatic heterocycles. The summed E-state index contributed by atoms with van der Waals surface area (Å²) in [4.78, 5) is 0. The van der Waals surface area contributed by atoms with Gasteiger partial charge in [-0.05, 0) is 52.7 Å². The van der Waals surface area contributed by atoms with Crippen molar-refractivity contribution >= 4 is 15.9 Å². The number of hydrogen-bond acceptors (Lipinski definition) is 1. The predicted octanol–water partition coefficient (Wildman–Crippen LogP) is 5.03. The zero-order valence-corrected chi connectivity index (χ0v) is 13.1. The van der Waals surface area contributed by atoms with E-state index in [2.05, 4.69) is 21.2 Å². The summed E-state index contributed by atoms with van der Waals surface area (Å²) in [6, 6.07) is 6.75. The van der Waals surface area contributed by atoms with Crippen LogP contribution in [0, 0.1) is 17.5 Å². The van der Waals surface area contributed by atoms with Gasteiger partial charge in [0.1, 0.15) is 17.5 Å². The van der Waals surface area contributed by atoms with Gasteiger partial charge in [-0.15, -0.1) is 0 Å². The Morgan fingerprint density at radius 2 is 1.81 bits per heavy atom. The minimum Gasteiger partial charge on any atom is -0.313 e. The Labute approximate surface area is 130 Å². The van der Waals surface area contributed by atoms with Crippen LogP contribution in [0.5, 0.6) is 0 Å². The quantitative estimate of drug-likeness (QED) is 0.584. The van der Waals surface area contributed by atoms with Crippen LogP contribution >= 0.6 is 15.9 Å². The summed E-state index contributed by atoms with van der Waals surface area (Å²) < 4.78 is 42.1. The molecule has 0 fully saturated rings. The lowest BCUT2D eigenvalue weighted by atomic mass is 10.0. The lowest BCUT2D eigenvalue weighted by molar-refractivity contribution is 0.577. The van der Waals surface area contributed by atoms with E-state index >= 15 is 0 Å². The van der Waals surface area contributed by atoms with Gasteiger partial charge < -0.3 is 5.32 Å². The van der Waals surface area contributed by atoms with Crippen molar-refractivity contribution in [2.75, 3.05) is 6.54 Å². The highest BCUT2D eigenvalue weighted by Crippen LogP contribution is 2.32. The van der Waals surface area contributed by atoms with Gasteiger partial charge in [-0.2, -0.15) is 0 Å². The highest BCUT2D eigenvalue weighted by Gasteiger charge is 2.17. The molecule has 2 rings (SSSR count). The van der Waals surface area contributed by atoms with E-state index < -0.39 is 17.5 Å². The topological polar surface area (TPSA) is 12.0 Å². The van der Waals surface area contributed by atoms with Gasteiger partial charge in [-0.1, -0.05) is 19.1 Å². The van der Waals surface area contributed by atoms with Gasteiger partial charge in [0.15, 0.2) is 0 Å². The Bertz CT molecular complexity index is 644. The number of hydrogen-bond donors (Lipinski definition) is 1. The molecule has 0 spiro atoms. The summed E-state index contributed by atoms with van der Waals surface area (Å²) in [7, 11) is 0. The second kappa shape index (κ2) is 7.09. The third-order valence-corrected chi connectivity index (χ3v) is 3.72. The Balaban J connectivity index is 2.36. The molecule has 2 aromatic rings. The third-order valence-electron chi connectivity index (χ3n) is 3.10. The normalized spacial score (nSPS) is 10.9. The summed E-state index contributed by atoms with van der Waals surface area (Å²) in [6.07, 6.45) is 0.981. The molecule has 1 N–H and O–H groups in total.